The molecule has 0 aliphatic rings. The van der Waals surface area contributed by atoms with Gasteiger partial charge in [-0.05, 0) is 19.8 Å². The van der Waals surface area contributed by atoms with E-state index >= 15 is 0 Å². The Morgan fingerprint density at radius 2 is 2.26 bits per heavy atom. The molecule has 6 heteroatoms. The molecule has 1 aromatic heterocycles. The smallest absolute Gasteiger partial charge is 0.270 e. The van der Waals surface area contributed by atoms with Gasteiger partial charge in [0.2, 0.25) is 0 Å². The van der Waals surface area contributed by atoms with Crippen LogP contribution in [0.2, 0.25) is 0 Å². The van der Waals surface area contributed by atoms with E-state index in [9.17, 15) is 4.79 Å². The number of carbonyl (C=O) groups is 1. The van der Waals surface area contributed by atoms with Crippen molar-refractivity contribution >= 4 is 11.7 Å². The number of nitrogens with zero attached hydrogens (tertiary/aromatic N) is 2. The topological polar surface area (TPSA) is 76.1 Å². The lowest BCUT2D eigenvalue weighted by atomic mass is 10.2. The molecule has 1 aromatic rings. The van der Waals surface area contributed by atoms with E-state index in [4.69, 9.17) is 4.74 Å². The molecule has 6 nitrogen and oxygen atoms in total. The van der Waals surface area contributed by atoms with Gasteiger partial charge in [-0.3, -0.25) is 4.79 Å². The monoisotopic (exact) mass is 266 g/mol. The molecule has 2 N–H and O–H groups in total. The Bertz CT molecular complexity index is 398. The molecule has 0 spiro atoms. The summed E-state index contributed by atoms with van der Waals surface area (Å²) in [6, 6.07) is 1.98. The lowest BCUT2D eigenvalue weighted by Gasteiger charge is -2.12. The Balaban J connectivity index is 2.52. The molecule has 106 valence electrons. The minimum absolute atomic E-state index is 0.189. The second kappa shape index (κ2) is 8.42. The normalized spacial score (nSPS) is 11.9. The molecule has 0 aliphatic carbocycles. The van der Waals surface area contributed by atoms with E-state index < -0.39 is 0 Å². The number of anilines is 1. The third-order valence-corrected chi connectivity index (χ3v) is 2.72. The van der Waals surface area contributed by atoms with Gasteiger partial charge >= 0.3 is 0 Å². The summed E-state index contributed by atoms with van der Waals surface area (Å²) >= 11 is 0. The molecule has 0 fully saturated rings. The minimum atomic E-state index is -0.189. The van der Waals surface area contributed by atoms with E-state index in [1.165, 1.54) is 6.33 Å². The number of hydrogen-bond acceptors (Lipinski definition) is 5. The van der Waals surface area contributed by atoms with E-state index in [2.05, 4.69) is 34.4 Å². The number of carbonyl (C=O) groups excluding carboxylic acids is 1. The fourth-order valence-corrected chi connectivity index (χ4v) is 1.42. The van der Waals surface area contributed by atoms with Gasteiger partial charge in [-0.1, -0.05) is 6.92 Å². The van der Waals surface area contributed by atoms with Crippen LogP contribution in [0.4, 0.5) is 5.82 Å². The van der Waals surface area contributed by atoms with E-state index in [1.807, 2.05) is 0 Å². The number of rotatable bonds is 8. The highest BCUT2D eigenvalue weighted by atomic mass is 16.5. The van der Waals surface area contributed by atoms with Gasteiger partial charge in [0.25, 0.3) is 5.91 Å². The summed E-state index contributed by atoms with van der Waals surface area (Å²) in [7, 11) is 1.64. The third kappa shape index (κ3) is 5.65. The first-order chi connectivity index (χ1) is 9.17. The van der Waals surface area contributed by atoms with Crippen LogP contribution < -0.4 is 10.6 Å². The minimum Gasteiger partial charge on any atom is -0.385 e. The Labute approximate surface area is 114 Å². The van der Waals surface area contributed by atoms with E-state index in [1.54, 1.807) is 13.2 Å². The van der Waals surface area contributed by atoms with Gasteiger partial charge in [0, 0.05) is 32.4 Å². The zero-order chi connectivity index (χ0) is 14.1. The summed E-state index contributed by atoms with van der Waals surface area (Å²) in [5, 5.41) is 6.00. The van der Waals surface area contributed by atoms with Gasteiger partial charge in [0.1, 0.15) is 17.8 Å². The third-order valence-electron chi connectivity index (χ3n) is 2.72. The van der Waals surface area contributed by atoms with Gasteiger partial charge in [-0.2, -0.15) is 0 Å². The predicted molar refractivity (Wildman–Crippen MR) is 74.2 cm³/mol. The molecule has 19 heavy (non-hydrogen) atoms. The van der Waals surface area contributed by atoms with Crippen LogP contribution in [-0.2, 0) is 4.74 Å². The zero-order valence-corrected chi connectivity index (χ0v) is 11.8. The van der Waals surface area contributed by atoms with E-state index in [-0.39, 0.29) is 5.91 Å². The lowest BCUT2D eigenvalue weighted by molar-refractivity contribution is 0.0943. The van der Waals surface area contributed by atoms with Crippen LogP contribution >= 0.6 is 0 Å². The van der Waals surface area contributed by atoms with Crippen molar-refractivity contribution < 1.29 is 9.53 Å². The molecule has 0 aromatic carbocycles. The van der Waals surface area contributed by atoms with Gasteiger partial charge in [0.15, 0.2) is 0 Å². The van der Waals surface area contributed by atoms with Crippen molar-refractivity contribution in [2.24, 2.45) is 0 Å². The van der Waals surface area contributed by atoms with E-state index in [0.717, 1.165) is 12.8 Å². The summed E-state index contributed by atoms with van der Waals surface area (Å²) < 4.78 is 4.92. The molecule has 1 rings (SSSR count). The maximum absolute atomic E-state index is 11.8. The first kappa shape index (κ1) is 15.4. The molecule has 1 unspecified atom stereocenters. The fraction of sp³-hybridized carbons (Fsp3) is 0.615. The van der Waals surface area contributed by atoms with Crippen molar-refractivity contribution in [2.45, 2.75) is 32.7 Å². The number of amides is 1. The van der Waals surface area contributed by atoms with E-state index in [0.29, 0.717) is 30.7 Å². The Morgan fingerprint density at radius 3 is 2.95 bits per heavy atom. The average molecular weight is 266 g/mol. The molecular formula is C13H22N4O2. The predicted octanol–water partition coefficient (Wildman–Crippen LogP) is 1.45. The lowest BCUT2D eigenvalue weighted by Crippen LogP contribution is -2.26. The van der Waals surface area contributed by atoms with Crippen LogP contribution in [0.3, 0.4) is 0 Å². The highest BCUT2D eigenvalue weighted by Gasteiger charge is 2.08. The standard InChI is InChI=1S/C13H22N4O2/c1-4-10(2)17-12-8-11(15-9-16-12)13(18)14-6-5-7-19-3/h8-10H,4-7H2,1-3H3,(H,14,18)(H,15,16,17). The summed E-state index contributed by atoms with van der Waals surface area (Å²) in [5.74, 6) is 0.483. The Hall–Kier alpha value is -1.69. The number of nitrogens with one attached hydrogen (secondary N) is 2. The van der Waals surface area contributed by atoms with Gasteiger partial charge in [-0.25, -0.2) is 9.97 Å². The van der Waals surface area contributed by atoms with Crippen molar-refractivity contribution in [3.8, 4) is 0 Å². The number of hydrogen-bond donors (Lipinski definition) is 2. The van der Waals surface area contributed by atoms with Crippen LogP contribution in [0, 0.1) is 0 Å². The largest absolute Gasteiger partial charge is 0.385 e. The molecule has 0 bridgehead atoms. The Morgan fingerprint density at radius 1 is 1.47 bits per heavy atom. The molecule has 0 aliphatic heterocycles. The van der Waals surface area contributed by atoms with Crippen LogP contribution in [0.15, 0.2) is 12.4 Å². The molecule has 1 heterocycles. The maximum atomic E-state index is 11.8. The zero-order valence-electron chi connectivity index (χ0n) is 11.8. The van der Waals surface area contributed by atoms with Crippen molar-refractivity contribution in [1.82, 2.24) is 15.3 Å². The van der Waals surface area contributed by atoms with Crippen molar-refractivity contribution in [3.05, 3.63) is 18.1 Å². The summed E-state index contributed by atoms with van der Waals surface area (Å²) in [4.78, 5) is 19.9. The first-order valence-corrected chi connectivity index (χ1v) is 6.53. The second-order valence-corrected chi connectivity index (χ2v) is 4.34. The highest BCUT2D eigenvalue weighted by Crippen LogP contribution is 2.07. The average Bonchev–Trinajstić information content (AvgIpc) is 2.43. The highest BCUT2D eigenvalue weighted by molar-refractivity contribution is 5.92. The summed E-state index contributed by atoms with van der Waals surface area (Å²) in [6.45, 7) is 5.35. The maximum Gasteiger partial charge on any atom is 0.270 e. The quantitative estimate of drug-likeness (QED) is 0.697. The summed E-state index contributed by atoms with van der Waals surface area (Å²) in [6.07, 6.45) is 3.17. The SMILES string of the molecule is CCC(C)Nc1cc(C(=O)NCCCOC)ncn1. The molecular weight excluding hydrogens is 244 g/mol. The molecule has 0 saturated carbocycles. The Kier molecular flexibility index (Phi) is 6.81. The second-order valence-electron chi connectivity index (χ2n) is 4.34. The number of ether oxygens (including phenoxy) is 1. The molecule has 1 atom stereocenters. The molecule has 0 saturated heterocycles. The molecule has 0 radical (unpaired) electrons. The van der Waals surface area contributed by atoms with Crippen LogP contribution in [0.5, 0.6) is 0 Å². The van der Waals surface area contributed by atoms with Crippen molar-refractivity contribution in [3.63, 3.8) is 0 Å². The number of aromatic nitrogens is 2. The molecule has 1 amide bonds. The van der Waals surface area contributed by atoms with Crippen molar-refractivity contribution in [2.75, 3.05) is 25.6 Å². The van der Waals surface area contributed by atoms with Gasteiger partial charge in [-0.15, -0.1) is 0 Å². The number of methoxy groups -OCH3 is 1. The van der Waals surface area contributed by atoms with Gasteiger partial charge in [0.05, 0.1) is 0 Å². The fourth-order valence-electron chi connectivity index (χ4n) is 1.42. The van der Waals surface area contributed by atoms with Crippen molar-refractivity contribution in [1.29, 1.82) is 0 Å². The van der Waals surface area contributed by atoms with Crippen LogP contribution in [0.1, 0.15) is 37.2 Å². The first-order valence-electron chi connectivity index (χ1n) is 6.53. The van der Waals surface area contributed by atoms with Crippen LogP contribution in [0.25, 0.3) is 0 Å². The van der Waals surface area contributed by atoms with Gasteiger partial charge < -0.3 is 15.4 Å². The summed E-state index contributed by atoms with van der Waals surface area (Å²) in [5.41, 5.74) is 0.373. The van der Waals surface area contributed by atoms with Crippen LogP contribution in [-0.4, -0.2) is 42.2 Å².